The number of pyridine rings is 1. The average Bonchev–Trinajstić information content (AvgIpc) is 3.45. The van der Waals surface area contributed by atoms with Crippen molar-refractivity contribution in [3.8, 4) is 28.4 Å². The van der Waals surface area contributed by atoms with Crippen LogP contribution in [0.15, 0.2) is 54.6 Å². The van der Waals surface area contributed by atoms with Crippen LogP contribution in [0, 0.1) is 13.8 Å². The molecule has 2 fully saturated rings. The van der Waals surface area contributed by atoms with Gasteiger partial charge in [0, 0.05) is 56.7 Å². The molecule has 0 amide bonds. The molecule has 1 N–H and O–H groups in total. The quantitative estimate of drug-likeness (QED) is 0.241. The normalized spacial score (nSPS) is 18.0. The maximum Gasteiger partial charge on any atom is 0.356 e. The predicted molar refractivity (Wildman–Crippen MR) is 175 cm³/mol. The summed E-state index contributed by atoms with van der Waals surface area (Å²) in [5.41, 5.74) is 8.82. The minimum Gasteiger partial charge on any atom is -0.488 e. The Balaban J connectivity index is 1.14. The zero-order valence-corrected chi connectivity index (χ0v) is 26.7. The van der Waals surface area contributed by atoms with E-state index in [1.807, 2.05) is 41.9 Å². The van der Waals surface area contributed by atoms with Crippen molar-refractivity contribution >= 4 is 5.97 Å². The fourth-order valence-corrected chi connectivity index (χ4v) is 7.22. The summed E-state index contributed by atoms with van der Waals surface area (Å²) < 4.78 is 19.6. The number of rotatable bonds is 8. The fourth-order valence-electron chi connectivity index (χ4n) is 7.22. The Labute approximate surface area is 270 Å². The van der Waals surface area contributed by atoms with E-state index in [0.29, 0.717) is 37.1 Å². The highest BCUT2D eigenvalue weighted by molar-refractivity contribution is 5.89. The van der Waals surface area contributed by atoms with Crippen molar-refractivity contribution in [3.05, 3.63) is 88.1 Å². The summed E-state index contributed by atoms with van der Waals surface area (Å²) in [4.78, 5) is 19.8. The summed E-state index contributed by atoms with van der Waals surface area (Å²) >= 11 is 0. The van der Waals surface area contributed by atoms with Gasteiger partial charge in [0.25, 0.3) is 0 Å². The van der Waals surface area contributed by atoms with E-state index in [2.05, 4.69) is 41.2 Å². The standard InChI is InChI=1S/C37H42N4O5/c1-24-5-3-6-31(36(24)46-23-26-9-10-28-22-40(16-11-27(28)21-26)29-12-17-44-18-13-29)32-7-4-8-33(38-32)35-25(2)34(37(42)43)39-41(35)30-14-19-45-20-15-30/h3-10,21,29-30H,11-20,22-23H2,1-2H3,(H,42,43). The number of carbonyl (C=O) groups is 1. The molecule has 240 valence electrons. The number of carboxylic acid groups (broad SMARTS) is 1. The summed E-state index contributed by atoms with van der Waals surface area (Å²) in [6.07, 6.45) is 4.86. The first kappa shape index (κ1) is 30.6. The van der Waals surface area contributed by atoms with E-state index in [-0.39, 0.29) is 11.7 Å². The molecule has 5 heterocycles. The number of hydrogen-bond donors (Lipinski definition) is 1. The highest BCUT2D eigenvalue weighted by Crippen LogP contribution is 2.36. The highest BCUT2D eigenvalue weighted by atomic mass is 16.5. The van der Waals surface area contributed by atoms with Crippen LogP contribution in [-0.2, 0) is 29.0 Å². The molecule has 46 heavy (non-hydrogen) atoms. The number of aromatic nitrogens is 3. The highest BCUT2D eigenvalue weighted by Gasteiger charge is 2.28. The number of aromatic carboxylic acids is 1. The topological polar surface area (TPSA) is 98.9 Å². The minimum absolute atomic E-state index is 0.0559. The van der Waals surface area contributed by atoms with E-state index < -0.39 is 5.97 Å². The number of para-hydroxylation sites is 1. The molecule has 7 rings (SSSR count). The van der Waals surface area contributed by atoms with Gasteiger partial charge in [0.2, 0.25) is 0 Å². The second-order valence-corrected chi connectivity index (χ2v) is 12.7. The molecule has 4 aromatic rings. The third-order valence-electron chi connectivity index (χ3n) is 9.77. The van der Waals surface area contributed by atoms with Crippen LogP contribution in [0.3, 0.4) is 0 Å². The Hall–Kier alpha value is -4.05. The lowest BCUT2D eigenvalue weighted by molar-refractivity contribution is 0.0290. The van der Waals surface area contributed by atoms with E-state index in [0.717, 1.165) is 92.2 Å². The molecular formula is C37H42N4O5. The zero-order chi connectivity index (χ0) is 31.6. The number of fused-ring (bicyclic) bond motifs is 1. The third-order valence-corrected chi connectivity index (χ3v) is 9.77. The molecule has 0 saturated carbocycles. The van der Waals surface area contributed by atoms with Crippen LogP contribution in [0.5, 0.6) is 5.75 Å². The summed E-state index contributed by atoms with van der Waals surface area (Å²) in [5, 5.41) is 14.4. The van der Waals surface area contributed by atoms with E-state index in [1.54, 1.807) is 0 Å². The number of ether oxygens (including phenoxy) is 3. The van der Waals surface area contributed by atoms with E-state index in [9.17, 15) is 9.90 Å². The Morgan fingerprint density at radius 1 is 0.913 bits per heavy atom. The summed E-state index contributed by atoms with van der Waals surface area (Å²) in [6.45, 7) is 9.44. The summed E-state index contributed by atoms with van der Waals surface area (Å²) in [6, 6.07) is 19.5. The van der Waals surface area contributed by atoms with Crippen molar-refractivity contribution in [1.82, 2.24) is 19.7 Å². The zero-order valence-electron chi connectivity index (χ0n) is 26.7. The molecule has 0 aliphatic carbocycles. The lowest BCUT2D eigenvalue weighted by atomic mass is 9.95. The molecule has 0 radical (unpaired) electrons. The number of hydrogen-bond acceptors (Lipinski definition) is 7. The Bertz CT molecular complexity index is 1720. The Morgan fingerprint density at radius 2 is 1.63 bits per heavy atom. The maximum absolute atomic E-state index is 12.1. The molecule has 3 aliphatic rings. The third kappa shape index (κ3) is 6.19. The number of benzene rings is 2. The molecule has 2 saturated heterocycles. The number of carboxylic acids is 1. The van der Waals surface area contributed by atoms with Crippen LogP contribution in [0.2, 0.25) is 0 Å². The van der Waals surface area contributed by atoms with Gasteiger partial charge in [0.15, 0.2) is 5.69 Å². The van der Waals surface area contributed by atoms with Crippen molar-refractivity contribution in [1.29, 1.82) is 0 Å². The molecule has 3 aliphatic heterocycles. The largest absolute Gasteiger partial charge is 0.488 e. The van der Waals surface area contributed by atoms with Crippen LogP contribution < -0.4 is 4.74 Å². The van der Waals surface area contributed by atoms with Gasteiger partial charge in [-0.25, -0.2) is 9.78 Å². The predicted octanol–water partition coefficient (Wildman–Crippen LogP) is 6.39. The van der Waals surface area contributed by atoms with Crippen LogP contribution in [-0.4, -0.2) is 69.8 Å². The Morgan fingerprint density at radius 3 is 2.39 bits per heavy atom. The molecule has 2 aromatic carbocycles. The van der Waals surface area contributed by atoms with Gasteiger partial charge < -0.3 is 19.3 Å². The van der Waals surface area contributed by atoms with Crippen LogP contribution in [0.4, 0.5) is 0 Å². The van der Waals surface area contributed by atoms with Crippen LogP contribution >= 0.6 is 0 Å². The molecule has 2 aromatic heterocycles. The van der Waals surface area contributed by atoms with Crippen molar-refractivity contribution in [2.75, 3.05) is 33.0 Å². The van der Waals surface area contributed by atoms with Gasteiger partial charge in [-0.1, -0.05) is 36.4 Å². The SMILES string of the molecule is Cc1cccc(-c2cccc(-c3c(C)c(C(=O)O)nn3C3CCOCC3)n2)c1OCc1ccc2c(c1)CCN(C1CCOCC1)C2. The Kier molecular flexibility index (Phi) is 8.88. The van der Waals surface area contributed by atoms with Crippen molar-refractivity contribution < 1.29 is 24.1 Å². The van der Waals surface area contributed by atoms with Gasteiger partial charge in [-0.2, -0.15) is 5.10 Å². The van der Waals surface area contributed by atoms with Gasteiger partial charge in [-0.15, -0.1) is 0 Å². The first-order valence-electron chi connectivity index (χ1n) is 16.5. The summed E-state index contributed by atoms with van der Waals surface area (Å²) in [7, 11) is 0. The van der Waals surface area contributed by atoms with Gasteiger partial charge in [0.1, 0.15) is 12.4 Å². The molecular weight excluding hydrogens is 580 g/mol. The first-order valence-corrected chi connectivity index (χ1v) is 16.5. The molecule has 0 spiro atoms. The lowest BCUT2D eigenvalue weighted by Crippen LogP contribution is -2.42. The fraction of sp³-hybridized carbons (Fsp3) is 0.432. The molecule has 0 unspecified atom stereocenters. The van der Waals surface area contributed by atoms with Crippen molar-refractivity contribution in [2.24, 2.45) is 0 Å². The lowest BCUT2D eigenvalue weighted by Gasteiger charge is -2.37. The molecule has 0 bridgehead atoms. The first-order chi connectivity index (χ1) is 22.5. The van der Waals surface area contributed by atoms with Gasteiger partial charge >= 0.3 is 5.97 Å². The van der Waals surface area contributed by atoms with E-state index in [4.69, 9.17) is 19.2 Å². The van der Waals surface area contributed by atoms with Gasteiger partial charge in [-0.3, -0.25) is 9.58 Å². The van der Waals surface area contributed by atoms with Crippen molar-refractivity contribution in [2.45, 2.75) is 71.2 Å². The van der Waals surface area contributed by atoms with E-state index in [1.165, 1.54) is 11.1 Å². The minimum atomic E-state index is -1.03. The average molecular weight is 623 g/mol. The molecule has 9 nitrogen and oxygen atoms in total. The van der Waals surface area contributed by atoms with Crippen LogP contribution in [0.25, 0.3) is 22.6 Å². The maximum atomic E-state index is 12.1. The molecule has 9 heteroatoms. The van der Waals surface area contributed by atoms with E-state index >= 15 is 0 Å². The van der Waals surface area contributed by atoms with Crippen molar-refractivity contribution in [3.63, 3.8) is 0 Å². The van der Waals surface area contributed by atoms with Gasteiger partial charge in [-0.05, 0) is 86.4 Å². The number of nitrogens with zero attached hydrogens (tertiary/aromatic N) is 4. The summed E-state index contributed by atoms with van der Waals surface area (Å²) in [5.74, 6) is -0.231. The monoisotopic (exact) mass is 622 g/mol. The second kappa shape index (κ2) is 13.4. The molecule has 0 atom stereocenters. The van der Waals surface area contributed by atoms with Gasteiger partial charge in [0.05, 0.1) is 23.1 Å². The smallest absolute Gasteiger partial charge is 0.356 e. The van der Waals surface area contributed by atoms with Crippen LogP contribution in [0.1, 0.15) is 70.0 Å². The second-order valence-electron chi connectivity index (χ2n) is 12.7. The number of aryl methyl sites for hydroxylation is 1.